The van der Waals surface area contributed by atoms with Gasteiger partial charge in [-0.05, 0) is 103 Å². The van der Waals surface area contributed by atoms with Gasteiger partial charge in [-0.15, -0.1) is 0 Å². The van der Waals surface area contributed by atoms with Crippen LogP contribution in [0.2, 0.25) is 0 Å². The SMILES string of the molecule is CCN(C(=O)c1cc(F)ccc1-c1cc(C2CN([C@H](CCCN3CCN(C(=O)OC(C)(C)C)CC3)C(C)C)C2)cn2c(C)ncc12)C(C)C. The summed E-state index contributed by atoms with van der Waals surface area (Å²) in [6.07, 6.45) is 6.09. The monoisotopic (exact) mass is 676 g/mol. The number of benzene rings is 1. The lowest BCUT2D eigenvalue weighted by atomic mass is 9.85. The summed E-state index contributed by atoms with van der Waals surface area (Å²) in [5.41, 5.74) is 3.68. The predicted octanol–water partition coefficient (Wildman–Crippen LogP) is 7.08. The van der Waals surface area contributed by atoms with Crippen molar-refractivity contribution in [3.05, 3.63) is 59.4 Å². The minimum Gasteiger partial charge on any atom is -0.444 e. The number of carbonyl (C=O) groups excluding carboxylic acids is 2. The van der Waals surface area contributed by atoms with Crippen LogP contribution in [0.4, 0.5) is 9.18 Å². The number of amides is 2. The van der Waals surface area contributed by atoms with Crippen molar-refractivity contribution in [2.75, 3.05) is 52.4 Å². The lowest BCUT2D eigenvalue weighted by molar-refractivity contribution is 0.0137. The van der Waals surface area contributed by atoms with Crippen LogP contribution in [-0.4, -0.2) is 111 Å². The number of imidazole rings is 1. The summed E-state index contributed by atoms with van der Waals surface area (Å²) >= 11 is 0. The summed E-state index contributed by atoms with van der Waals surface area (Å²) in [5.74, 6) is 1.20. The van der Waals surface area contributed by atoms with Gasteiger partial charge in [0, 0.05) is 75.6 Å². The van der Waals surface area contributed by atoms with Crippen molar-refractivity contribution >= 4 is 17.5 Å². The van der Waals surface area contributed by atoms with Crippen molar-refractivity contribution in [2.24, 2.45) is 5.92 Å². The Morgan fingerprint density at radius 2 is 1.73 bits per heavy atom. The summed E-state index contributed by atoms with van der Waals surface area (Å²) < 4.78 is 22.3. The summed E-state index contributed by atoms with van der Waals surface area (Å²) in [7, 11) is 0. The summed E-state index contributed by atoms with van der Waals surface area (Å²) in [4.78, 5) is 39.5. The highest BCUT2D eigenvalue weighted by Gasteiger charge is 2.35. The topological polar surface area (TPSA) is 73.6 Å². The number of fused-ring (bicyclic) bond motifs is 1. The fraction of sp³-hybridized carbons (Fsp3) is 0.615. The molecule has 0 saturated carbocycles. The molecule has 49 heavy (non-hydrogen) atoms. The second-order valence-corrected chi connectivity index (χ2v) is 15.5. The first-order valence-electron chi connectivity index (χ1n) is 18.2. The largest absolute Gasteiger partial charge is 0.444 e. The lowest BCUT2D eigenvalue weighted by Crippen LogP contribution is -2.53. The van der Waals surface area contributed by atoms with E-state index >= 15 is 0 Å². The molecule has 0 bridgehead atoms. The van der Waals surface area contributed by atoms with E-state index in [1.165, 1.54) is 17.7 Å². The zero-order valence-electron chi connectivity index (χ0n) is 31.1. The number of hydrogen-bond donors (Lipinski definition) is 0. The normalized spacial score (nSPS) is 17.2. The molecule has 2 saturated heterocycles. The van der Waals surface area contributed by atoms with Crippen LogP contribution in [0, 0.1) is 18.7 Å². The number of rotatable bonds is 11. The highest BCUT2D eigenvalue weighted by Crippen LogP contribution is 2.37. The summed E-state index contributed by atoms with van der Waals surface area (Å²) in [5, 5.41) is 0. The molecule has 0 radical (unpaired) electrons. The maximum absolute atomic E-state index is 14.6. The molecule has 5 rings (SSSR count). The lowest BCUT2D eigenvalue weighted by Gasteiger charge is -2.46. The molecule has 2 fully saturated rings. The van der Waals surface area contributed by atoms with Crippen LogP contribution in [-0.2, 0) is 4.74 Å². The highest BCUT2D eigenvalue weighted by atomic mass is 19.1. The van der Waals surface area contributed by atoms with E-state index in [1.807, 2.05) is 59.6 Å². The molecule has 9 nitrogen and oxygen atoms in total. The Hall–Kier alpha value is -3.50. The van der Waals surface area contributed by atoms with Gasteiger partial charge in [0.1, 0.15) is 17.2 Å². The van der Waals surface area contributed by atoms with Gasteiger partial charge in [0.2, 0.25) is 0 Å². The number of aryl methyl sites for hydroxylation is 1. The maximum Gasteiger partial charge on any atom is 0.410 e. The van der Waals surface area contributed by atoms with Crippen LogP contribution in [0.1, 0.15) is 95.9 Å². The van der Waals surface area contributed by atoms with Crippen molar-refractivity contribution in [3.8, 4) is 11.1 Å². The highest BCUT2D eigenvalue weighted by molar-refractivity contribution is 6.03. The molecule has 268 valence electrons. The van der Waals surface area contributed by atoms with Gasteiger partial charge >= 0.3 is 6.09 Å². The first-order chi connectivity index (χ1) is 23.2. The molecule has 10 heteroatoms. The molecule has 2 amide bonds. The first kappa shape index (κ1) is 36.8. The van der Waals surface area contributed by atoms with E-state index < -0.39 is 11.4 Å². The molecular formula is C39H57FN6O3. The molecule has 4 heterocycles. The third-order valence-electron chi connectivity index (χ3n) is 10.2. The molecule has 0 N–H and O–H groups in total. The zero-order chi connectivity index (χ0) is 35.6. The molecule has 1 atom stereocenters. The summed E-state index contributed by atoms with van der Waals surface area (Å²) in [6.45, 7) is 25.0. The Morgan fingerprint density at radius 1 is 1.04 bits per heavy atom. The predicted molar refractivity (Wildman–Crippen MR) is 194 cm³/mol. The molecular weight excluding hydrogens is 619 g/mol. The van der Waals surface area contributed by atoms with E-state index in [1.54, 1.807) is 11.0 Å². The summed E-state index contributed by atoms with van der Waals surface area (Å²) in [6, 6.07) is 7.28. The van der Waals surface area contributed by atoms with E-state index in [2.05, 4.69) is 45.3 Å². The van der Waals surface area contributed by atoms with Crippen molar-refractivity contribution < 1.29 is 18.7 Å². The molecule has 3 aromatic rings. The number of likely N-dealkylation sites (tertiary alicyclic amines) is 1. The van der Waals surface area contributed by atoms with Crippen LogP contribution in [0.3, 0.4) is 0 Å². The van der Waals surface area contributed by atoms with Gasteiger partial charge in [-0.3, -0.25) is 14.6 Å². The number of halogens is 1. The third kappa shape index (κ3) is 8.46. The Kier molecular flexibility index (Phi) is 11.4. The third-order valence-corrected chi connectivity index (χ3v) is 10.2. The van der Waals surface area contributed by atoms with Crippen molar-refractivity contribution in [2.45, 2.75) is 98.8 Å². The average Bonchev–Trinajstić information content (AvgIpc) is 3.39. The van der Waals surface area contributed by atoms with Crippen LogP contribution < -0.4 is 0 Å². The number of aromatic nitrogens is 2. The smallest absolute Gasteiger partial charge is 0.410 e. The van der Waals surface area contributed by atoms with Gasteiger partial charge < -0.3 is 18.9 Å². The van der Waals surface area contributed by atoms with E-state index in [0.717, 1.165) is 68.0 Å². The van der Waals surface area contributed by atoms with Crippen LogP contribution >= 0.6 is 0 Å². The Morgan fingerprint density at radius 3 is 2.35 bits per heavy atom. The number of pyridine rings is 1. The van der Waals surface area contributed by atoms with Gasteiger partial charge in [-0.25, -0.2) is 14.2 Å². The van der Waals surface area contributed by atoms with Gasteiger partial charge in [-0.2, -0.15) is 0 Å². The molecule has 0 aliphatic carbocycles. The minimum absolute atomic E-state index is 0.00132. The van der Waals surface area contributed by atoms with Crippen molar-refractivity contribution in [1.82, 2.24) is 29.0 Å². The van der Waals surface area contributed by atoms with Gasteiger partial charge in [-0.1, -0.05) is 19.9 Å². The van der Waals surface area contributed by atoms with Crippen LogP contribution in [0.5, 0.6) is 0 Å². The van der Waals surface area contributed by atoms with Crippen LogP contribution in [0.15, 0.2) is 36.7 Å². The standard InChI is InChI=1S/C39H57FN6O3/c1-10-45(27(4)5)37(47)34-21-31(40)13-14-32(34)33-20-29(25-46-28(6)41-22-36(33)46)30-23-44(24-30)35(26(2)3)12-11-15-42-16-18-43(19-17-42)38(48)49-39(7,8)9/h13-14,20-22,25-27,30,35H,10-12,15-19,23-24H2,1-9H3/t35-/m1/s1. The Labute approximate surface area is 292 Å². The Balaban J connectivity index is 1.26. The fourth-order valence-corrected chi connectivity index (χ4v) is 7.44. The Bertz CT molecular complexity index is 1610. The molecule has 2 aliphatic heterocycles. The number of nitrogens with zero attached hydrogens (tertiary/aromatic N) is 6. The number of piperazine rings is 1. The van der Waals surface area contributed by atoms with E-state index in [9.17, 15) is 14.0 Å². The van der Waals surface area contributed by atoms with Crippen LogP contribution in [0.25, 0.3) is 16.6 Å². The molecule has 0 unspecified atom stereocenters. The second kappa shape index (κ2) is 15.2. The molecule has 2 aliphatic rings. The first-order valence-corrected chi connectivity index (χ1v) is 18.2. The number of carbonyl (C=O) groups is 2. The van der Waals surface area contributed by atoms with Gasteiger partial charge in [0.05, 0.1) is 17.3 Å². The van der Waals surface area contributed by atoms with Crippen molar-refractivity contribution in [3.63, 3.8) is 0 Å². The fourth-order valence-electron chi connectivity index (χ4n) is 7.44. The van der Waals surface area contributed by atoms with E-state index in [0.29, 0.717) is 43.1 Å². The van der Waals surface area contributed by atoms with E-state index in [4.69, 9.17) is 4.74 Å². The van der Waals surface area contributed by atoms with Crippen molar-refractivity contribution in [1.29, 1.82) is 0 Å². The van der Waals surface area contributed by atoms with E-state index in [-0.39, 0.29) is 18.0 Å². The number of hydrogen-bond acceptors (Lipinski definition) is 6. The molecule has 0 spiro atoms. The number of ether oxygens (including phenoxy) is 1. The zero-order valence-corrected chi connectivity index (χ0v) is 31.1. The van der Waals surface area contributed by atoms with Gasteiger partial charge in [0.15, 0.2) is 0 Å². The minimum atomic E-state index is -0.472. The molecule has 1 aromatic carbocycles. The quantitative estimate of drug-likeness (QED) is 0.216. The average molecular weight is 677 g/mol. The second-order valence-electron chi connectivity index (χ2n) is 15.5. The maximum atomic E-state index is 14.6. The van der Waals surface area contributed by atoms with Gasteiger partial charge in [0.25, 0.3) is 5.91 Å². The molecule has 2 aromatic heterocycles.